The van der Waals surface area contributed by atoms with Crippen LogP contribution in [-0.2, 0) is 4.79 Å². The average molecular weight is 224 g/mol. The van der Waals surface area contributed by atoms with Crippen molar-refractivity contribution in [3.63, 3.8) is 0 Å². The molecule has 1 atom stereocenters. The number of amides is 1. The van der Waals surface area contributed by atoms with Crippen molar-refractivity contribution in [2.24, 2.45) is 0 Å². The van der Waals surface area contributed by atoms with E-state index in [0.717, 1.165) is 32.5 Å². The smallest absolute Gasteiger partial charge is 0.223 e. The molecule has 0 aliphatic carbocycles. The molecule has 0 radical (unpaired) electrons. The molecule has 0 spiro atoms. The minimum absolute atomic E-state index is 0.306. The summed E-state index contributed by atoms with van der Waals surface area (Å²) in [6.45, 7) is 8.59. The number of rotatable bonds is 7. The highest BCUT2D eigenvalue weighted by Crippen LogP contribution is 2.08. The molecule has 1 N–H and O–H groups in total. The van der Waals surface area contributed by atoms with E-state index in [1.165, 1.54) is 12.8 Å². The highest BCUT2D eigenvalue weighted by atomic mass is 16.2. The van der Waals surface area contributed by atoms with Crippen LogP contribution in [0.15, 0.2) is 12.7 Å². The first-order valence-corrected chi connectivity index (χ1v) is 6.36. The molecule has 1 rings (SSSR count). The van der Waals surface area contributed by atoms with Gasteiger partial charge in [0.2, 0.25) is 5.91 Å². The van der Waals surface area contributed by atoms with E-state index in [2.05, 4.69) is 18.8 Å². The molecule has 1 fully saturated rings. The van der Waals surface area contributed by atoms with Gasteiger partial charge in [-0.1, -0.05) is 6.08 Å². The van der Waals surface area contributed by atoms with E-state index in [1.807, 2.05) is 11.0 Å². The lowest BCUT2D eigenvalue weighted by molar-refractivity contribution is -0.130. The summed E-state index contributed by atoms with van der Waals surface area (Å²) in [6.07, 6.45) is 7.06. The Balaban J connectivity index is 2.05. The largest absolute Gasteiger partial charge is 0.343 e. The molecule has 1 unspecified atom stereocenters. The molecule has 1 saturated heterocycles. The third kappa shape index (κ3) is 4.79. The van der Waals surface area contributed by atoms with Crippen LogP contribution in [0.25, 0.3) is 0 Å². The van der Waals surface area contributed by atoms with Crippen LogP contribution in [0.4, 0.5) is 0 Å². The standard InChI is InChI=1S/C13H24N2O/c1-3-4-7-12(2)14-9-8-13(16)15-10-5-6-11-15/h3,12,14H,1,4-11H2,2H3. The second kappa shape index (κ2) is 7.44. The molecule has 0 aromatic heterocycles. The summed E-state index contributed by atoms with van der Waals surface area (Å²) in [4.78, 5) is 13.7. The number of allylic oxidation sites excluding steroid dienone is 1. The van der Waals surface area contributed by atoms with Crippen LogP contribution in [0.3, 0.4) is 0 Å². The van der Waals surface area contributed by atoms with Gasteiger partial charge in [-0.15, -0.1) is 6.58 Å². The number of carbonyl (C=O) groups is 1. The lowest BCUT2D eigenvalue weighted by Crippen LogP contribution is -2.33. The molecule has 1 amide bonds. The van der Waals surface area contributed by atoms with Gasteiger partial charge in [0.1, 0.15) is 0 Å². The van der Waals surface area contributed by atoms with Crippen LogP contribution < -0.4 is 5.32 Å². The Morgan fingerprint density at radius 1 is 1.50 bits per heavy atom. The van der Waals surface area contributed by atoms with Crippen molar-refractivity contribution >= 4 is 5.91 Å². The maximum Gasteiger partial charge on any atom is 0.223 e. The number of hydrogen-bond donors (Lipinski definition) is 1. The summed E-state index contributed by atoms with van der Waals surface area (Å²) in [7, 11) is 0. The van der Waals surface area contributed by atoms with Crippen molar-refractivity contribution in [1.82, 2.24) is 10.2 Å². The molecule has 0 saturated carbocycles. The van der Waals surface area contributed by atoms with Crippen LogP contribution in [0.2, 0.25) is 0 Å². The molecule has 0 aromatic rings. The van der Waals surface area contributed by atoms with Crippen molar-refractivity contribution in [3.05, 3.63) is 12.7 Å². The zero-order chi connectivity index (χ0) is 11.8. The van der Waals surface area contributed by atoms with Gasteiger partial charge in [0.05, 0.1) is 0 Å². The van der Waals surface area contributed by atoms with Crippen LogP contribution in [0, 0.1) is 0 Å². The van der Waals surface area contributed by atoms with Gasteiger partial charge in [0, 0.05) is 32.1 Å². The Labute approximate surface area is 98.9 Å². The Hall–Kier alpha value is -0.830. The lowest BCUT2D eigenvalue weighted by atomic mass is 10.2. The molecule has 0 aromatic carbocycles. The molecule has 3 heteroatoms. The number of carbonyl (C=O) groups excluding carboxylic acids is 1. The van der Waals surface area contributed by atoms with Gasteiger partial charge in [0.25, 0.3) is 0 Å². The van der Waals surface area contributed by atoms with Gasteiger partial charge in [-0.25, -0.2) is 0 Å². The van der Waals surface area contributed by atoms with E-state index in [4.69, 9.17) is 0 Å². The fraction of sp³-hybridized carbons (Fsp3) is 0.769. The highest BCUT2D eigenvalue weighted by molar-refractivity contribution is 5.76. The fourth-order valence-electron chi connectivity index (χ4n) is 2.02. The third-order valence-corrected chi connectivity index (χ3v) is 3.09. The van der Waals surface area contributed by atoms with E-state index >= 15 is 0 Å². The zero-order valence-corrected chi connectivity index (χ0v) is 10.4. The van der Waals surface area contributed by atoms with Gasteiger partial charge in [-0.05, 0) is 32.6 Å². The first-order valence-electron chi connectivity index (χ1n) is 6.36. The quantitative estimate of drug-likeness (QED) is 0.670. The fourth-order valence-corrected chi connectivity index (χ4v) is 2.02. The summed E-state index contributed by atoms with van der Waals surface area (Å²) in [5.41, 5.74) is 0. The van der Waals surface area contributed by atoms with Crippen molar-refractivity contribution in [1.29, 1.82) is 0 Å². The van der Waals surface area contributed by atoms with E-state index in [-0.39, 0.29) is 0 Å². The van der Waals surface area contributed by atoms with Crippen LogP contribution in [-0.4, -0.2) is 36.5 Å². The highest BCUT2D eigenvalue weighted by Gasteiger charge is 2.17. The first kappa shape index (κ1) is 13.2. The predicted molar refractivity (Wildman–Crippen MR) is 67.3 cm³/mol. The molecule has 1 aliphatic heterocycles. The second-order valence-corrected chi connectivity index (χ2v) is 4.56. The van der Waals surface area contributed by atoms with Crippen LogP contribution >= 0.6 is 0 Å². The third-order valence-electron chi connectivity index (χ3n) is 3.09. The molecule has 1 aliphatic rings. The minimum atomic E-state index is 0.306. The normalized spacial score (nSPS) is 17.4. The number of nitrogens with zero attached hydrogens (tertiary/aromatic N) is 1. The molecule has 0 bridgehead atoms. The predicted octanol–water partition coefficient (Wildman–Crippen LogP) is 1.94. The lowest BCUT2D eigenvalue weighted by Gasteiger charge is -2.17. The molecular formula is C13H24N2O. The molecule has 16 heavy (non-hydrogen) atoms. The Morgan fingerprint density at radius 2 is 2.19 bits per heavy atom. The summed E-state index contributed by atoms with van der Waals surface area (Å²) >= 11 is 0. The van der Waals surface area contributed by atoms with Gasteiger partial charge in [-0.2, -0.15) is 0 Å². The molecular weight excluding hydrogens is 200 g/mol. The van der Waals surface area contributed by atoms with Crippen molar-refractivity contribution in [2.45, 2.75) is 45.1 Å². The maximum atomic E-state index is 11.7. The Kier molecular flexibility index (Phi) is 6.16. The van der Waals surface area contributed by atoms with Crippen molar-refractivity contribution in [3.8, 4) is 0 Å². The number of likely N-dealkylation sites (tertiary alicyclic amines) is 1. The van der Waals surface area contributed by atoms with Gasteiger partial charge < -0.3 is 10.2 Å². The number of nitrogens with one attached hydrogen (secondary N) is 1. The van der Waals surface area contributed by atoms with Crippen LogP contribution in [0.1, 0.15) is 39.0 Å². The van der Waals surface area contributed by atoms with E-state index < -0.39 is 0 Å². The number of hydrogen-bond acceptors (Lipinski definition) is 2. The van der Waals surface area contributed by atoms with Gasteiger partial charge in [0.15, 0.2) is 0 Å². The Bertz CT molecular complexity index is 222. The van der Waals surface area contributed by atoms with Crippen molar-refractivity contribution < 1.29 is 4.79 Å². The summed E-state index contributed by atoms with van der Waals surface area (Å²) in [6, 6.07) is 0.476. The summed E-state index contributed by atoms with van der Waals surface area (Å²) in [5.74, 6) is 0.306. The van der Waals surface area contributed by atoms with E-state index in [9.17, 15) is 4.79 Å². The van der Waals surface area contributed by atoms with E-state index in [0.29, 0.717) is 18.4 Å². The maximum absolute atomic E-state index is 11.7. The summed E-state index contributed by atoms with van der Waals surface area (Å²) in [5, 5.41) is 3.38. The average Bonchev–Trinajstić information content (AvgIpc) is 2.79. The SMILES string of the molecule is C=CCCC(C)NCCC(=O)N1CCCC1. The Morgan fingerprint density at radius 3 is 2.81 bits per heavy atom. The van der Waals surface area contributed by atoms with E-state index in [1.54, 1.807) is 0 Å². The molecule has 1 heterocycles. The molecule has 92 valence electrons. The van der Waals surface area contributed by atoms with Gasteiger partial charge >= 0.3 is 0 Å². The molecule has 3 nitrogen and oxygen atoms in total. The summed E-state index contributed by atoms with van der Waals surface area (Å²) < 4.78 is 0. The van der Waals surface area contributed by atoms with Crippen molar-refractivity contribution in [2.75, 3.05) is 19.6 Å². The first-order chi connectivity index (χ1) is 7.74. The monoisotopic (exact) mass is 224 g/mol. The van der Waals surface area contributed by atoms with Gasteiger partial charge in [-0.3, -0.25) is 4.79 Å². The topological polar surface area (TPSA) is 32.3 Å². The second-order valence-electron chi connectivity index (χ2n) is 4.56. The zero-order valence-electron chi connectivity index (χ0n) is 10.4. The van der Waals surface area contributed by atoms with Crippen LogP contribution in [0.5, 0.6) is 0 Å². The minimum Gasteiger partial charge on any atom is -0.343 e.